The molecular weight excluding hydrogens is 381 g/mol. The number of carboxylic acids is 1. The number of rotatable bonds is 5. The van der Waals surface area contributed by atoms with Crippen LogP contribution in [0.1, 0.15) is 10.7 Å². The third kappa shape index (κ3) is 4.14. The van der Waals surface area contributed by atoms with Crippen molar-refractivity contribution in [3.8, 4) is 17.4 Å². The summed E-state index contributed by atoms with van der Waals surface area (Å²) in [5.41, 5.74) is 0.388. The summed E-state index contributed by atoms with van der Waals surface area (Å²) in [6, 6.07) is 5.29. The molecule has 0 atom stereocenters. The molecule has 7 nitrogen and oxygen atoms in total. The molecule has 0 aliphatic heterocycles. The van der Waals surface area contributed by atoms with Crippen LogP contribution in [0.25, 0.3) is 11.1 Å². The number of oxazole rings is 1. The van der Waals surface area contributed by atoms with Crippen LogP contribution in [0.4, 0.5) is 13.2 Å². The predicted molar refractivity (Wildman–Crippen MR) is 81.8 cm³/mol. The first-order chi connectivity index (χ1) is 12.2. The van der Waals surface area contributed by atoms with Gasteiger partial charge >= 0.3 is 18.0 Å². The van der Waals surface area contributed by atoms with E-state index < -0.39 is 24.6 Å². The number of pyridine rings is 1. The Morgan fingerprint density at radius 2 is 2.08 bits per heavy atom. The van der Waals surface area contributed by atoms with Crippen molar-refractivity contribution >= 4 is 28.7 Å². The van der Waals surface area contributed by atoms with Gasteiger partial charge in [-0.25, -0.2) is 14.8 Å². The summed E-state index contributed by atoms with van der Waals surface area (Å²) in [6.07, 6.45) is -3.38. The molecule has 0 saturated carbocycles. The lowest BCUT2D eigenvalue weighted by atomic mass is 10.3. The third-order valence-corrected chi connectivity index (χ3v) is 3.14. The molecule has 0 bridgehead atoms. The Morgan fingerprint density at radius 1 is 1.31 bits per heavy atom. The Bertz CT molecular complexity index is 974. The van der Waals surface area contributed by atoms with Crippen molar-refractivity contribution in [3.63, 3.8) is 0 Å². The monoisotopic (exact) mass is 388 g/mol. The number of aromatic carboxylic acids is 1. The third-order valence-electron chi connectivity index (χ3n) is 2.93. The minimum atomic E-state index is -4.55. The first-order valence-corrected chi connectivity index (χ1v) is 7.26. The van der Waals surface area contributed by atoms with Crippen LogP contribution >= 0.6 is 11.6 Å². The minimum Gasteiger partial charge on any atom is -0.478 e. The molecule has 2 heterocycles. The fraction of sp³-hybridized carbons (Fsp3) is 0.133. The molecule has 2 aromatic heterocycles. The normalized spacial score (nSPS) is 11.5. The van der Waals surface area contributed by atoms with Gasteiger partial charge in [0.05, 0.1) is 5.02 Å². The second-order valence-corrected chi connectivity index (χ2v) is 5.35. The lowest BCUT2D eigenvalue weighted by molar-refractivity contribution is -0.153. The SMILES string of the molecule is O=C(O)c1nc2ccc(Oc3ncc(Cl)cc3OCC(F)(F)F)cc2o1. The molecule has 0 spiro atoms. The van der Waals surface area contributed by atoms with Gasteiger partial charge in [0, 0.05) is 18.3 Å². The molecule has 1 aromatic carbocycles. The number of carbonyl (C=O) groups is 1. The van der Waals surface area contributed by atoms with Gasteiger partial charge in [0.15, 0.2) is 17.9 Å². The molecule has 0 unspecified atom stereocenters. The van der Waals surface area contributed by atoms with Crippen LogP contribution in [0.15, 0.2) is 34.9 Å². The zero-order valence-corrected chi connectivity index (χ0v) is 13.3. The van der Waals surface area contributed by atoms with Crippen LogP contribution in [-0.2, 0) is 0 Å². The van der Waals surface area contributed by atoms with Crippen LogP contribution < -0.4 is 9.47 Å². The number of hydrogen-bond acceptors (Lipinski definition) is 6. The number of fused-ring (bicyclic) bond motifs is 1. The van der Waals surface area contributed by atoms with E-state index in [1.54, 1.807) is 0 Å². The number of hydrogen-bond donors (Lipinski definition) is 1. The fourth-order valence-electron chi connectivity index (χ4n) is 1.92. The molecule has 3 rings (SSSR count). The van der Waals surface area contributed by atoms with Crippen LogP contribution in [0, 0.1) is 0 Å². The Hall–Kier alpha value is -3.01. The predicted octanol–water partition coefficient (Wildman–Crippen LogP) is 4.31. The van der Waals surface area contributed by atoms with E-state index >= 15 is 0 Å². The van der Waals surface area contributed by atoms with Gasteiger partial charge in [0.2, 0.25) is 0 Å². The average Bonchev–Trinajstić information content (AvgIpc) is 2.98. The van der Waals surface area contributed by atoms with Gasteiger partial charge in [0.1, 0.15) is 11.3 Å². The molecule has 1 N–H and O–H groups in total. The Labute approximate surface area is 147 Å². The summed E-state index contributed by atoms with van der Waals surface area (Å²) in [4.78, 5) is 18.4. The van der Waals surface area contributed by atoms with E-state index in [0.29, 0.717) is 0 Å². The second-order valence-electron chi connectivity index (χ2n) is 4.92. The first-order valence-electron chi connectivity index (χ1n) is 6.88. The number of ether oxygens (including phenoxy) is 2. The first kappa shape index (κ1) is 17.8. The maximum Gasteiger partial charge on any atom is 0.422 e. The van der Waals surface area contributed by atoms with Crippen LogP contribution in [0.3, 0.4) is 0 Å². The van der Waals surface area contributed by atoms with E-state index in [1.165, 1.54) is 24.4 Å². The lowest BCUT2D eigenvalue weighted by Crippen LogP contribution is -2.19. The van der Waals surface area contributed by atoms with Gasteiger partial charge in [-0.2, -0.15) is 13.2 Å². The number of alkyl halides is 3. The van der Waals surface area contributed by atoms with Gasteiger partial charge in [-0.05, 0) is 12.1 Å². The van der Waals surface area contributed by atoms with Crippen molar-refractivity contribution in [1.29, 1.82) is 0 Å². The highest BCUT2D eigenvalue weighted by Gasteiger charge is 2.29. The summed E-state index contributed by atoms with van der Waals surface area (Å²) in [5.74, 6) is -2.28. The molecule has 0 radical (unpaired) electrons. The highest BCUT2D eigenvalue weighted by molar-refractivity contribution is 6.30. The molecule has 0 aliphatic rings. The largest absolute Gasteiger partial charge is 0.478 e. The fourth-order valence-corrected chi connectivity index (χ4v) is 2.07. The Balaban J connectivity index is 1.88. The highest BCUT2D eigenvalue weighted by atomic mass is 35.5. The molecule has 0 aliphatic carbocycles. The van der Waals surface area contributed by atoms with Gasteiger partial charge in [-0.3, -0.25) is 0 Å². The molecule has 11 heteroatoms. The van der Waals surface area contributed by atoms with Crippen molar-refractivity contribution < 1.29 is 37.0 Å². The molecule has 0 saturated heterocycles. The minimum absolute atomic E-state index is 0.0614. The van der Waals surface area contributed by atoms with Crippen LogP contribution in [-0.4, -0.2) is 33.8 Å². The summed E-state index contributed by atoms with van der Waals surface area (Å²) in [5, 5.41) is 8.92. The van der Waals surface area contributed by atoms with E-state index in [1.807, 2.05) is 0 Å². The van der Waals surface area contributed by atoms with E-state index in [-0.39, 0.29) is 33.5 Å². The van der Waals surface area contributed by atoms with E-state index in [0.717, 1.165) is 6.07 Å². The Kier molecular flexibility index (Phi) is 4.60. The van der Waals surface area contributed by atoms with Gasteiger partial charge < -0.3 is 19.0 Å². The van der Waals surface area contributed by atoms with Crippen molar-refractivity contribution in [3.05, 3.63) is 41.4 Å². The molecular formula is C15H8ClF3N2O5. The van der Waals surface area contributed by atoms with Gasteiger partial charge in [-0.15, -0.1) is 0 Å². The Morgan fingerprint density at radius 3 is 2.77 bits per heavy atom. The number of benzene rings is 1. The van der Waals surface area contributed by atoms with Gasteiger partial charge in [-0.1, -0.05) is 11.6 Å². The molecule has 26 heavy (non-hydrogen) atoms. The number of carboxylic acid groups (broad SMARTS) is 1. The van der Waals surface area contributed by atoms with Gasteiger partial charge in [0.25, 0.3) is 5.88 Å². The number of aromatic nitrogens is 2. The van der Waals surface area contributed by atoms with Crippen LogP contribution in [0.2, 0.25) is 5.02 Å². The number of halogens is 4. The molecule has 0 fully saturated rings. The van der Waals surface area contributed by atoms with Crippen molar-refractivity contribution in [2.75, 3.05) is 6.61 Å². The summed E-state index contributed by atoms with van der Waals surface area (Å²) in [7, 11) is 0. The summed E-state index contributed by atoms with van der Waals surface area (Å²) < 4.78 is 52.2. The van der Waals surface area contributed by atoms with Crippen molar-refractivity contribution in [1.82, 2.24) is 9.97 Å². The molecule has 3 aromatic rings. The smallest absolute Gasteiger partial charge is 0.422 e. The summed E-state index contributed by atoms with van der Waals surface area (Å²) in [6.45, 7) is -1.55. The molecule has 0 amide bonds. The van der Waals surface area contributed by atoms with Crippen LogP contribution in [0.5, 0.6) is 17.4 Å². The number of nitrogens with zero attached hydrogens (tertiary/aromatic N) is 2. The topological polar surface area (TPSA) is 94.7 Å². The lowest BCUT2D eigenvalue weighted by Gasteiger charge is -2.13. The van der Waals surface area contributed by atoms with E-state index in [2.05, 4.69) is 14.7 Å². The standard InChI is InChI=1S/C15H8ClF3N2O5/c16-7-3-11(24-6-15(17,18)19)12(20-5-7)25-8-1-2-9-10(4-8)26-13(21-9)14(22)23/h1-5H,6H2,(H,22,23). The zero-order valence-electron chi connectivity index (χ0n) is 12.6. The highest BCUT2D eigenvalue weighted by Crippen LogP contribution is 2.33. The quantitative estimate of drug-likeness (QED) is 0.696. The second kappa shape index (κ2) is 6.71. The zero-order chi connectivity index (χ0) is 18.9. The van der Waals surface area contributed by atoms with Crippen molar-refractivity contribution in [2.45, 2.75) is 6.18 Å². The average molecular weight is 389 g/mol. The van der Waals surface area contributed by atoms with E-state index in [9.17, 15) is 18.0 Å². The van der Waals surface area contributed by atoms with Crippen molar-refractivity contribution in [2.24, 2.45) is 0 Å². The summed E-state index contributed by atoms with van der Waals surface area (Å²) >= 11 is 5.72. The maximum absolute atomic E-state index is 12.4. The maximum atomic E-state index is 12.4. The van der Waals surface area contributed by atoms with E-state index in [4.69, 9.17) is 25.9 Å². The molecule has 136 valence electrons.